The first-order valence-corrected chi connectivity index (χ1v) is 10.3. The molecule has 7 heteroatoms. The van der Waals surface area contributed by atoms with Gasteiger partial charge in [-0.25, -0.2) is 4.79 Å². The number of likely N-dealkylation sites (tertiary alicyclic amines) is 1. The third-order valence-electron chi connectivity index (χ3n) is 7.31. The molecule has 3 aliphatic heterocycles. The summed E-state index contributed by atoms with van der Waals surface area (Å²) in [5.41, 5.74) is 0.517. The third-order valence-corrected chi connectivity index (χ3v) is 7.31. The maximum Gasteiger partial charge on any atom is 0.349 e. The first-order chi connectivity index (χ1) is 13.1. The summed E-state index contributed by atoms with van der Waals surface area (Å²) in [7, 11) is 0. The number of halogens is 1. The van der Waals surface area contributed by atoms with Crippen molar-refractivity contribution in [3.05, 3.63) is 33.4 Å². The smallest absolute Gasteiger partial charge is 0.349 e. The summed E-state index contributed by atoms with van der Waals surface area (Å²) in [6.45, 7) is 6.99. The number of hydrogen-bond donors (Lipinski definition) is 1. The van der Waals surface area contributed by atoms with Gasteiger partial charge in [-0.15, -0.1) is 12.4 Å². The van der Waals surface area contributed by atoms with Gasteiger partial charge in [0.15, 0.2) is 0 Å². The average Bonchev–Trinajstić information content (AvgIpc) is 3.34. The molecule has 1 aliphatic carbocycles. The normalized spacial score (nSPS) is 32.1. The number of nitrogens with zero attached hydrogens (tertiary/aromatic N) is 1. The molecule has 0 spiro atoms. The van der Waals surface area contributed by atoms with Crippen molar-refractivity contribution in [2.75, 3.05) is 39.4 Å². The molecule has 4 atom stereocenters. The zero-order valence-corrected chi connectivity index (χ0v) is 17.1. The van der Waals surface area contributed by atoms with Crippen LogP contribution in [0, 0.1) is 30.6 Å². The second-order valence-electron chi connectivity index (χ2n) is 8.85. The van der Waals surface area contributed by atoms with Gasteiger partial charge in [0.1, 0.15) is 11.3 Å². The summed E-state index contributed by atoms with van der Waals surface area (Å²) in [6, 6.07) is 1.92. The standard InChI is InChI=1S/C21H28N2O4.ClH/c1-12-6-18(13-2-4-22-5-3-13)27-21(25)19(12)20(24)23-8-14-7-15-10-26-11-17(15)16(14)9-23;/h6,13-17,22H,2-5,7-11H2,1H3;1H/t14-,15+,16+,17-;/m0./s1. The Balaban J connectivity index is 0.00000192. The lowest BCUT2D eigenvalue weighted by Gasteiger charge is -2.23. The molecule has 154 valence electrons. The molecule has 1 aromatic heterocycles. The average molecular weight is 409 g/mol. The number of rotatable bonds is 2. The van der Waals surface area contributed by atoms with E-state index in [9.17, 15) is 9.59 Å². The number of ether oxygens (including phenoxy) is 1. The highest BCUT2D eigenvalue weighted by molar-refractivity contribution is 5.95. The first-order valence-electron chi connectivity index (χ1n) is 10.3. The molecule has 0 aromatic carbocycles. The van der Waals surface area contributed by atoms with Crippen LogP contribution in [0.25, 0.3) is 0 Å². The Hall–Kier alpha value is -1.37. The second kappa shape index (κ2) is 7.81. The van der Waals surface area contributed by atoms with Crippen molar-refractivity contribution in [3.63, 3.8) is 0 Å². The molecule has 4 heterocycles. The molecule has 3 saturated heterocycles. The number of hydrogen-bond acceptors (Lipinski definition) is 5. The topological polar surface area (TPSA) is 71.8 Å². The maximum atomic E-state index is 13.1. The minimum absolute atomic E-state index is 0. The van der Waals surface area contributed by atoms with Crippen molar-refractivity contribution >= 4 is 18.3 Å². The molecule has 0 radical (unpaired) electrons. The summed E-state index contributed by atoms with van der Waals surface area (Å²) in [5.74, 6) is 3.22. The molecule has 28 heavy (non-hydrogen) atoms. The monoisotopic (exact) mass is 408 g/mol. The van der Waals surface area contributed by atoms with Gasteiger partial charge < -0.3 is 19.4 Å². The van der Waals surface area contributed by atoms with Gasteiger partial charge in [0.2, 0.25) is 0 Å². The van der Waals surface area contributed by atoms with Gasteiger partial charge in [0.25, 0.3) is 5.91 Å². The SMILES string of the molecule is Cc1cc(C2CCNCC2)oc(=O)c1C(=O)N1C[C@@H]2C[C@@H]3COC[C@@H]3[C@@H]2C1.Cl. The highest BCUT2D eigenvalue weighted by Crippen LogP contribution is 2.48. The van der Waals surface area contributed by atoms with Crippen LogP contribution >= 0.6 is 12.4 Å². The number of piperidine rings is 1. The minimum Gasteiger partial charge on any atom is -0.427 e. The molecule has 1 aromatic rings. The summed E-state index contributed by atoms with van der Waals surface area (Å²) in [5, 5.41) is 3.33. The Kier molecular flexibility index (Phi) is 5.55. The van der Waals surface area contributed by atoms with Gasteiger partial charge in [0.05, 0.1) is 6.61 Å². The fourth-order valence-corrected chi connectivity index (χ4v) is 5.87. The second-order valence-corrected chi connectivity index (χ2v) is 8.85. The Morgan fingerprint density at radius 1 is 1.14 bits per heavy atom. The van der Waals surface area contributed by atoms with Crippen LogP contribution in [0.15, 0.2) is 15.3 Å². The van der Waals surface area contributed by atoms with E-state index in [1.165, 1.54) is 0 Å². The fraction of sp³-hybridized carbons (Fsp3) is 0.714. The first kappa shape index (κ1) is 19.9. The quantitative estimate of drug-likeness (QED) is 0.812. The molecule has 4 aliphatic rings. The number of carbonyl (C=O) groups is 1. The number of nitrogens with one attached hydrogen (secondary N) is 1. The van der Waals surface area contributed by atoms with Crippen molar-refractivity contribution in [2.45, 2.75) is 32.1 Å². The van der Waals surface area contributed by atoms with Crippen LogP contribution < -0.4 is 10.9 Å². The van der Waals surface area contributed by atoms with E-state index in [1.54, 1.807) is 0 Å². The summed E-state index contributed by atoms with van der Waals surface area (Å²) in [4.78, 5) is 27.7. The predicted molar refractivity (Wildman–Crippen MR) is 107 cm³/mol. The Morgan fingerprint density at radius 2 is 1.93 bits per heavy atom. The molecule has 0 bridgehead atoms. The van der Waals surface area contributed by atoms with Gasteiger partial charge in [0, 0.05) is 25.6 Å². The van der Waals surface area contributed by atoms with E-state index in [1.807, 2.05) is 17.9 Å². The fourth-order valence-electron chi connectivity index (χ4n) is 5.87. The Morgan fingerprint density at radius 3 is 2.68 bits per heavy atom. The van der Waals surface area contributed by atoms with Crippen LogP contribution in [-0.2, 0) is 4.74 Å². The molecule has 1 N–H and O–H groups in total. The van der Waals surface area contributed by atoms with Crippen LogP contribution in [0.1, 0.15) is 46.9 Å². The molecular formula is C21H29ClN2O4. The van der Waals surface area contributed by atoms with E-state index in [2.05, 4.69) is 5.32 Å². The zero-order chi connectivity index (χ0) is 18.5. The summed E-state index contributed by atoms with van der Waals surface area (Å²) < 4.78 is 11.3. The third kappa shape index (κ3) is 3.29. The number of amides is 1. The molecule has 5 rings (SSSR count). The van der Waals surface area contributed by atoms with Gasteiger partial charge in [-0.1, -0.05) is 0 Å². The lowest BCUT2D eigenvalue weighted by Crippen LogP contribution is -2.35. The number of fused-ring (bicyclic) bond motifs is 3. The minimum atomic E-state index is -0.465. The van der Waals surface area contributed by atoms with Crippen molar-refractivity contribution in [1.29, 1.82) is 0 Å². The summed E-state index contributed by atoms with van der Waals surface area (Å²) in [6.07, 6.45) is 3.09. The number of carbonyl (C=O) groups excluding carboxylic acids is 1. The van der Waals surface area contributed by atoms with Crippen LogP contribution in [0.5, 0.6) is 0 Å². The number of aryl methyl sites for hydroxylation is 1. The maximum absolute atomic E-state index is 13.1. The lowest BCUT2D eigenvalue weighted by molar-refractivity contribution is 0.0768. The zero-order valence-electron chi connectivity index (χ0n) is 16.3. The van der Waals surface area contributed by atoms with E-state index >= 15 is 0 Å². The van der Waals surface area contributed by atoms with Crippen LogP contribution in [0.2, 0.25) is 0 Å². The molecular weight excluding hydrogens is 380 g/mol. The molecule has 1 amide bonds. The van der Waals surface area contributed by atoms with Crippen LogP contribution in [-0.4, -0.2) is 50.2 Å². The Bertz CT molecular complexity index is 804. The van der Waals surface area contributed by atoms with Crippen molar-refractivity contribution in [2.24, 2.45) is 23.7 Å². The van der Waals surface area contributed by atoms with E-state index in [4.69, 9.17) is 9.15 Å². The largest absolute Gasteiger partial charge is 0.427 e. The highest BCUT2D eigenvalue weighted by Gasteiger charge is 2.51. The predicted octanol–water partition coefficient (Wildman–Crippen LogP) is 2.19. The van der Waals surface area contributed by atoms with E-state index in [-0.39, 0.29) is 29.8 Å². The van der Waals surface area contributed by atoms with Gasteiger partial charge >= 0.3 is 5.63 Å². The van der Waals surface area contributed by atoms with Gasteiger partial charge in [-0.05, 0) is 74.6 Å². The van der Waals surface area contributed by atoms with E-state index in [0.29, 0.717) is 23.7 Å². The van der Waals surface area contributed by atoms with E-state index in [0.717, 1.165) is 70.0 Å². The van der Waals surface area contributed by atoms with Crippen molar-refractivity contribution in [1.82, 2.24) is 10.2 Å². The molecule has 6 nitrogen and oxygen atoms in total. The van der Waals surface area contributed by atoms with Gasteiger partial charge in [-0.3, -0.25) is 4.79 Å². The molecule has 4 fully saturated rings. The van der Waals surface area contributed by atoms with Gasteiger partial charge in [-0.2, -0.15) is 0 Å². The van der Waals surface area contributed by atoms with E-state index < -0.39 is 5.63 Å². The molecule has 0 unspecified atom stereocenters. The van der Waals surface area contributed by atoms with Crippen molar-refractivity contribution < 1.29 is 13.9 Å². The Labute approximate surface area is 171 Å². The lowest BCUT2D eigenvalue weighted by atomic mass is 9.91. The highest BCUT2D eigenvalue weighted by atomic mass is 35.5. The van der Waals surface area contributed by atoms with Crippen LogP contribution in [0.3, 0.4) is 0 Å². The molecule has 1 saturated carbocycles. The van der Waals surface area contributed by atoms with Crippen LogP contribution in [0.4, 0.5) is 0 Å². The van der Waals surface area contributed by atoms with Crippen molar-refractivity contribution in [3.8, 4) is 0 Å². The summed E-state index contributed by atoms with van der Waals surface area (Å²) >= 11 is 0.